The summed E-state index contributed by atoms with van der Waals surface area (Å²) in [6.07, 6.45) is 0. The minimum atomic E-state index is -0.195. The summed E-state index contributed by atoms with van der Waals surface area (Å²) in [5.74, 6) is 5.70. The molecule has 2 nitrogen and oxygen atoms in total. The van der Waals surface area contributed by atoms with Crippen molar-refractivity contribution in [2.45, 2.75) is 13.0 Å². The number of aryl methyl sites for hydroxylation is 1. The topological polar surface area (TPSA) is 38.0 Å². The summed E-state index contributed by atoms with van der Waals surface area (Å²) in [4.78, 5) is 0. The Morgan fingerprint density at radius 3 is 2.53 bits per heavy atom. The summed E-state index contributed by atoms with van der Waals surface area (Å²) in [6, 6.07) is 11.4. The van der Waals surface area contributed by atoms with E-state index in [1.807, 2.05) is 37.3 Å². The van der Waals surface area contributed by atoms with Gasteiger partial charge in [-0.05, 0) is 41.8 Å². The van der Waals surface area contributed by atoms with Crippen LogP contribution in [0.1, 0.15) is 22.7 Å². The highest BCUT2D eigenvalue weighted by Crippen LogP contribution is 2.34. The van der Waals surface area contributed by atoms with E-state index in [1.54, 1.807) is 6.07 Å². The van der Waals surface area contributed by atoms with E-state index in [9.17, 15) is 0 Å². The predicted molar refractivity (Wildman–Crippen MR) is 84.5 cm³/mol. The number of hydrogen-bond acceptors (Lipinski definition) is 2. The van der Waals surface area contributed by atoms with Gasteiger partial charge in [0.2, 0.25) is 0 Å². The van der Waals surface area contributed by atoms with Crippen LogP contribution in [0.4, 0.5) is 0 Å². The van der Waals surface area contributed by atoms with Crippen LogP contribution in [-0.4, -0.2) is 0 Å². The molecule has 1 atom stereocenters. The molecule has 2 aromatic rings. The Balaban J connectivity index is 2.53. The van der Waals surface area contributed by atoms with Crippen LogP contribution in [0.25, 0.3) is 0 Å². The molecule has 0 aliphatic heterocycles. The molecule has 0 bridgehead atoms. The highest BCUT2D eigenvalue weighted by atomic mass is 79.9. The highest BCUT2D eigenvalue weighted by Gasteiger charge is 2.18. The van der Waals surface area contributed by atoms with Crippen LogP contribution in [0.5, 0.6) is 0 Å². The Hall–Kier alpha value is -0.580. The van der Waals surface area contributed by atoms with Crippen molar-refractivity contribution in [3.05, 3.63) is 67.6 Å². The zero-order valence-corrected chi connectivity index (χ0v) is 13.4. The first-order chi connectivity index (χ1) is 9.04. The van der Waals surface area contributed by atoms with Gasteiger partial charge in [-0.1, -0.05) is 57.3 Å². The van der Waals surface area contributed by atoms with Crippen molar-refractivity contribution in [1.82, 2.24) is 5.43 Å². The number of hydrogen-bond donors (Lipinski definition) is 2. The van der Waals surface area contributed by atoms with Crippen molar-refractivity contribution in [3.8, 4) is 0 Å². The standard InChI is InChI=1S/C14H13BrCl2N2/c1-8-7-9(15)5-6-10(8)14(19-18)11-3-2-4-12(16)13(11)17/h2-7,14,19H,18H2,1H3. The summed E-state index contributed by atoms with van der Waals surface area (Å²) < 4.78 is 1.03. The Bertz CT molecular complexity index is 602. The third-order valence-electron chi connectivity index (χ3n) is 3.00. The van der Waals surface area contributed by atoms with Gasteiger partial charge in [0.05, 0.1) is 16.1 Å². The Morgan fingerprint density at radius 2 is 1.89 bits per heavy atom. The Labute approximate surface area is 131 Å². The van der Waals surface area contributed by atoms with Crippen LogP contribution >= 0.6 is 39.1 Å². The van der Waals surface area contributed by atoms with Crippen LogP contribution in [-0.2, 0) is 0 Å². The molecule has 19 heavy (non-hydrogen) atoms. The molecule has 2 rings (SSSR count). The highest BCUT2D eigenvalue weighted by molar-refractivity contribution is 9.10. The van der Waals surface area contributed by atoms with Crippen LogP contribution in [0.15, 0.2) is 40.9 Å². The maximum atomic E-state index is 6.26. The van der Waals surface area contributed by atoms with Crippen molar-refractivity contribution < 1.29 is 0 Å². The smallest absolute Gasteiger partial charge is 0.0727 e. The normalized spacial score (nSPS) is 12.5. The Morgan fingerprint density at radius 1 is 1.16 bits per heavy atom. The van der Waals surface area contributed by atoms with Crippen LogP contribution in [0, 0.1) is 6.92 Å². The van der Waals surface area contributed by atoms with E-state index in [2.05, 4.69) is 21.4 Å². The molecule has 100 valence electrons. The molecule has 1 unspecified atom stereocenters. The van der Waals surface area contributed by atoms with E-state index in [0.717, 1.165) is 21.2 Å². The van der Waals surface area contributed by atoms with Gasteiger partial charge in [-0.2, -0.15) is 0 Å². The molecule has 0 aliphatic rings. The van der Waals surface area contributed by atoms with Gasteiger partial charge >= 0.3 is 0 Å². The second-order valence-corrected chi connectivity index (χ2v) is 5.94. The number of benzene rings is 2. The lowest BCUT2D eigenvalue weighted by Crippen LogP contribution is -2.29. The van der Waals surface area contributed by atoms with Crippen LogP contribution in [0.2, 0.25) is 10.0 Å². The Kier molecular flexibility index (Phi) is 4.87. The average Bonchev–Trinajstić information content (AvgIpc) is 2.37. The maximum absolute atomic E-state index is 6.26. The number of nitrogens with one attached hydrogen (secondary N) is 1. The number of hydrazine groups is 1. The van der Waals surface area contributed by atoms with Crippen molar-refractivity contribution >= 4 is 39.1 Å². The first-order valence-electron chi connectivity index (χ1n) is 5.70. The number of halogens is 3. The SMILES string of the molecule is Cc1cc(Br)ccc1C(NN)c1cccc(Cl)c1Cl. The lowest BCUT2D eigenvalue weighted by Gasteiger charge is -2.20. The second kappa shape index (κ2) is 6.25. The molecular weight excluding hydrogens is 347 g/mol. The molecule has 0 heterocycles. The molecule has 0 saturated carbocycles. The molecule has 0 spiro atoms. The lowest BCUT2D eigenvalue weighted by molar-refractivity contribution is 0.634. The number of nitrogens with two attached hydrogens (primary N) is 1. The molecule has 0 aliphatic carbocycles. The minimum Gasteiger partial charge on any atom is -0.271 e. The van der Waals surface area contributed by atoms with Gasteiger partial charge in [-0.15, -0.1) is 0 Å². The monoisotopic (exact) mass is 358 g/mol. The van der Waals surface area contributed by atoms with Gasteiger partial charge in [0.25, 0.3) is 0 Å². The van der Waals surface area contributed by atoms with Gasteiger partial charge in [0.1, 0.15) is 0 Å². The van der Waals surface area contributed by atoms with Gasteiger partial charge in [0.15, 0.2) is 0 Å². The van der Waals surface area contributed by atoms with E-state index in [1.165, 1.54) is 0 Å². The van der Waals surface area contributed by atoms with E-state index in [4.69, 9.17) is 29.0 Å². The first-order valence-corrected chi connectivity index (χ1v) is 7.25. The van der Waals surface area contributed by atoms with Gasteiger partial charge in [0, 0.05) is 4.47 Å². The summed E-state index contributed by atoms with van der Waals surface area (Å²) in [6.45, 7) is 2.03. The largest absolute Gasteiger partial charge is 0.271 e. The fourth-order valence-corrected chi connectivity index (χ4v) is 2.95. The van der Waals surface area contributed by atoms with Crippen LogP contribution in [0.3, 0.4) is 0 Å². The number of rotatable bonds is 3. The third kappa shape index (κ3) is 3.12. The fraction of sp³-hybridized carbons (Fsp3) is 0.143. The predicted octanol–water partition coefficient (Wildman–Crippen LogP) is 4.62. The fourth-order valence-electron chi connectivity index (χ4n) is 2.05. The lowest BCUT2D eigenvalue weighted by atomic mass is 9.95. The first kappa shape index (κ1) is 14.8. The second-order valence-electron chi connectivity index (χ2n) is 4.24. The minimum absolute atomic E-state index is 0.195. The molecule has 0 fully saturated rings. The summed E-state index contributed by atoms with van der Waals surface area (Å²) in [5, 5.41) is 1.05. The maximum Gasteiger partial charge on any atom is 0.0727 e. The average molecular weight is 360 g/mol. The molecule has 2 aromatic carbocycles. The summed E-state index contributed by atoms with van der Waals surface area (Å²) >= 11 is 15.8. The zero-order valence-electron chi connectivity index (χ0n) is 10.3. The molecule has 0 saturated heterocycles. The zero-order chi connectivity index (χ0) is 14.0. The van der Waals surface area contributed by atoms with Gasteiger partial charge in [-0.3, -0.25) is 5.84 Å². The quantitative estimate of drug-likeness (QED) is 0.620. The van der Waals surface area contributed by atoms with E-state index in [-0.39, 0.29) is 6.04 Å². The van der Waals surface area contributed by atoms with E-state index in [0.29, 0.717) is 10.0 Å². The van der Waals surface area contributed by atoms with Crippen LogP contribution < -0.4 is 11.3 Å². The molecular formula is C14H13BrCl2N2. The summed E-state index contributed by atoms with van der Waals surface area (Å²) in [7, 11) is 0. The van der Waals surface area contributed by atoms with Crippen molar-refractivity contribution in [2.75, 3.05) is 0 Å². The molecule has 3 N–H and O–H groups in total. The van der Waals surface area contributed by atoms with Crippen molar-refractivity contribution in [1.29, 1.82) is 0 Å². The van der Waals surface area contributed by atoms with Gasteiger partial charge < -0.3 is 0 Å². The van der Waals surface area contributed by atoms with Gasteiger partial charge in [-0.25, -0.2) is 5.43 Å². The van der Waals surface area contributed by atoms with E-state index >= 15 is 0 Å². The molecule has 5 heteroatoms. The molecule has 0 aromatic heterocycles. The summed E-state index contributed by atoms with van der Waals surface area (Å²) in [5.41, 5.74) is 5.85. The third-order valence-corrected chi connectivity index (χ3v) is 4.33. The molecule has 0 radical (unpaired) electrons. The molecule has 0 amide bonds. The van der Waals surface area contributed by atoms with Crippen molar-refractivity contribution in [2.24, 2.45) is 5.84 Å². The van der Waals surface area contributed by atoms with Crippen molar-refractivity contribution in [3.63, 3.8) is 0 Å². The van der Waals surface area contributed by atoms with E-state index < -0.39 is 0 Å².